The molecule has 0 bridgehead atoms. The lowest BCUT2D eigenvalue weighted by molar-refractivity contribution is 0.596. The molecule has 0 atom stereocenters. The highest BCUT2D eigenvalue weighted by atomic mass is 35.5. The molecule has 2 aromatic carbocycles. The first-order chi connectivity index (χ1) is 10.3. The van der Waals surface area contributed by atoms with E-state index in [1.807, 2.05) is 26.0 Å². The van der Waals surface area contributed by atoms with Gasteiger partial charge in [0.25, 0.3) is 10.0 Å². The van der Waals surface area contributed by atoms with Crippen LogP contribution in [0.5, 0.6) is 0 Å². The number of hydrogen-bond acceptors (Lipinski definition) is 2. The summed E-state index contributed by atoms with van der Waals surface area (Å²) in [6, 6.07) is 13.6. The molecule has 0 aliphatic rings. The average Bonchev–Trinajstić information content (AvgIpc) is 2.46. The summed E-state index contributed by atoms with van der Waals surface area (Å²) in [6.45, 7) is 3.82. The Bertz CT molecular complexity index is 778. The lowest BCUT2D eigenvalue weighted by Crippen LogP contribution is -2.25. The molecule has 0 amide bonds. The van der Waals surface area contributed by atoms with E-state index >= 15 is 0 Å². The summed E-state index contributed by atoms with van der Waals surface area (Å²) in [4.78, 5) is 0.171. The normalized spacial score (nSPS) is 11.1. The van der Waals surface area contributed by atoms with Gasteiger partial charge < -0.3 is 0 Å². The smallest absolute Gasteiger partial charge is 0.239 e. The minimum Gasteiger partial charge on any atom is -0.239 e. The molecule has 0 radical (unpaired) electrons. The maximum atomic E-state index is 12.8. The molecule has 0 aliphatic heterocycles. The number of rotatable bonds is 4. The number of benzene rings is 2. The Hall–Kier alpha value is -1.49. The Morgan fingerprint density at radius 3 is 1.82 bits per heavy atom. The zero-order chi connectivity index (χ0) is 16.3. The van der Waals surface area contributed by atoms with Gasteiger partial charge in [0.15, 0.2) is 0 Å². The van der Waals surface area contributed by atoms with E-state index in [0.717, 1.165) is 15.4 Å². The monoisotopic (exact) mass is 355 g/mol. The molecule has 2 aromatic rings. The highest BCUT2D eigenvalue weighted by molar-refractivity contribution is 7.93. The largest absolute Gasteiger partial charge is 0.268 e. The van der Waals surface area contributed by atoms with Gasteiger partial charge in [0, 0.05) is 0 Å². The lowest BCUT2D eigenvalue weighted by Gasteiger charge is -2.21. The minimum atomic E-state index is -3.79. The molecule has 0 heterocycles. The first-order valence-electron chi connectivity index (χ1n) is 6.51. The first kappa shape index (κ1) is 16.9. The maximum Gasteiger partial charge on any atom is 0.268 e. The van der Waals surface area contributed by atoms with Crippen LogP contribution in [0.2, 0.25) is 0 Å². The van der Waals surface area contributed by atoms with Gasteiger partial charge in [0.1, 0.15) is 4.49 Å². The molecular weight excluding hydrogens is 341 g/mol. The number of aryl methyl sites for hydroxylation is 2. The third-order valence-electron chi connectivity index (χ3n) is 3.08. The number of anilines is 1. The van der Waals surface area contributed by atoms with E-state index in [2.05, 4.69) is 0 Å². The second kappa shape index (κ2) is 6.73. The Labute approximate surface area is 140 Å². The highest BCUT2D eigenvalue weighted by Crippen LogP contribution is 2.26. The van der Waals surface area contributed by atoms with Crippen molar-refractivity contribution in [1.29, 1.82) is 0 Å². The summed E-state index contributed by atoms with van der Waals surface area (Å²) in [5, 5.41) is 0. The second-order valence-corrected chi connectivity index (χ2v) is 7.69. The van der Waals surface area contributed by atoms with Crippen molar-refractivity contribution in [2.75, 3.05) is 4.31 Å². The van der Waals surface area contributed by atoms with Crippen LogP contribution < -0.4 is 4.31 Å². The van der Waals surface area contributed by atoms with Crippen molar-refractivity contribution in [2.24, 2.45) is 0 Å². The molecule has 0 saturated heterocycles. The summed E-state index contributed by atoms with van der Waals surface area (Å²) in [5.41, 5.74) is 2.47. The number of nitrogens with zero attached hydrogens (tertiary/aromatic N) is 1. The third-order valence-corrected chi connectivity index (χ3v) is 4.98. The Morgan fingerprint density at radius 2 is 1.36 bits per heavy atom. The summed E-state index contributed by atoms with van der Waals surface area (Å²) in [7, 11) is -3.79. The zero-order valence-corrected chi connectivity index (χ0v) is 14.5. The second-order valence-electron chi connectivity index (χ2n) is 4.87. The van der Waals surface area contributed by atoms with Crippen LogP contribution in [-0.2, 0) is 10.0 Å². The van der Waals surface area contributed by atoms with Crippen molar-refractivity contribution < 1.29 is 8.42 Å². The predicted molar refractivity (Wildman–Crippen MR) is 91.8 cm³/mol. The average molecular weight is 356 g/mol. The molecule has 0 unspecified atom stereocenters. The van der Waals surface area contributed by atoms with Crippen LogP contribution in [0.15, 0.2) is 64.1 Å². The number of sulfonamides is 1. The Balaban J connectivity index is 2.55. The van der Waals surface area contributed by atoms with E-state index in [4.69, 9.17) is 23.2 Å². The molecule has 0 N–H and O–H groups in total. The summed E-state index contributed by atoms with van der Waals surface area (Å²) >= 11 is 11.4. The van der Waals surface area contributed by atoms with E-state index in [0.29, 0.717) is 5.69 Å². The van der Waals surface area contributed by atoms with Crippen molar-refractivity contribution in [3.63, 3.8) is 0 Å². The van der Waals surface area contributed by atoms with Crippen LogP contribution in [0.3, 0.4) is 0 Å². The van der Waals surface area contributed by atoms with Crippen LogP contribution in [0.25, 0.3) is 0 Å². The van der Waals surface area contributed by atoms with E-state index in [-0.39, 0.29) is 9.39 Å². The van der Waals surface area contributed by atoms with Gasteiger partial charge in [-0.2, -0.15) is 0 Å². The summed E-state index contributed by atoms with van der Waals surface area (Å²) in [5.74, 6) is 0. The van der Waals surface area contributed by atoms with Crippen molar-refractivity contribution in [1.82, 2.24) is 0 Å². The maximum absolute atomic E-state index is 12.8. The van der Waals surface area contributed by atoms with Gasteiger partial charge in [-0.25, -0.2) is 12.7 Å². The molecule has 116 valence electrons. The minimum absolute atomic E-state index is 0.142. The van der Waals surface area contributed by atoms with Crippen molar-refractivity contribution >= 4 is 38.9 Å². The van der Waals surface area contributed by atoms with Gasteiger partial charge in [-0.15, -0.1) is 0 Å². The van der Waals surface area contributed by atoms with Crippen molar-refractivity contribution in [3.8, 4) is 0 Å². The van der Waals surface area contributed by atoms with Crippen LogP contribution in [0.1, 0.15) is 11.1 Å². The Kier molecular flexibility index (Phi) is 5.16. The van der Waals surface area contributed by atoms with Gasteiger partial charge in [-0.05, 0) is 38.1 Å². The molecule has 6 heteroatoms. The molecule has 2 rings (SSSR count). The number of halogens is 2. The summed E-state index contributed by atoms with van der Waals surface area (Å²) in [6.07, 6.45) is 1.18. The highest BCUT2D eigenvalue weighted by Gasteiger charge is 2.23. The van der Waals surface area contributed by atoms with E-state index in [9.17, 15) is 8.42 Å². The molecule has 0 aliphatic carbocycles. The van der Waals surface area contributed by atoms with Crippen LogP contribution in [0, 0.1) is 13.8 Å². The Morgan fingerprint density at radius 1 is 0.909 bits per heavy atom. The molecule has 22 heavy (non-hydrogen) atoms. The quantitative estimate of drug-likeness (QED) is 0.791. The fourth-order valence-corrected chi connectivity index (χ4v) is 3.55. The van der Waals surface area contributed by atoms with Crippen LogP contribution in [-0.4, -0.2) is 8.42 Å². The van der Waals surface area contributed by atoms with Crippen LogP contribution in [0.4, 0.5) is 5.69 Å². The van der Waals surface area contributed by atoms with Gasteiger partial charge in [0.2, 0.25) is 0 Å². The zero-order valence-electron chi connectivity index (χ0n) is 12.1. The van der Waals surface area contributed by atoms with E-state index in [1.165, 1.54) is 6.20 Å². The molecule has 0 saturated carbocycles. The van der Waals surface area contributed by atoms with Crippen molar-refractivity contribution in [2.45, 2.75) is 18.7 Å². The third kappa shape index (κ3) is 3.83. The standard InChI is InChI=1S/C16H15Cl2NO2S/c1-12-3-7-14(8-4-12)19(11-16(17)18)22(20,21)15-9-5-13(2)6-10-15/h3-11H,1-2H3. The molecule has 0 fully saturated rings. The predicted octanol–water partition coefficient (Wildman–Crippen LogP) is 4.78. The topological polar surface area (TPSA) is 37.4 Å². The molecular formula is C16H15Cl2NO2S. The SMILES string of the molecule is Cc1ccc(N(C=C(Cl)Cl)S(=O)(=O)c2ccc(C)cc2)cc1. The summed E-state index contributed by atoms with van der Waals surface area (Å²) < 4.78 is 26.6. The van der Waals surface area contributed by atoms with E-state index < -0.39 is 10.0 Å². The molecule has 0 aromatic heterocycles. The molecule has 0 spiro atoms. The number of hydrogen-bond donors (Lipinski definition) is 0. The lowest BCUT2D eigenvalue weighted by atomic mass is 10.2. The van der Waals surface area contributed by atoms with Crippen molar-refractivity contribution in [3.05, 3.63) is 70.3 Å². The van der Waals surface area contributed by atoms with Gasteiger partial charge in [0.05, 0.1) is 16.8 Å². The van der Waals surface area contributed by atoms with Gasteiger partial charge in [-0.1, -0.05) is 58.6 Å². The van der Waals surface area contributed by atoms with E-state index in [1.54, 1.807) is 36.4 Å². The van der Waals surface area contributed by atoms with Crippen LogP contribution >= 0.6 is 23.2 Å². The van der Waals surface area contributed by atoms with Gasteiger partial charge in [-0.3, -0.25) is 0 Å². The fraction of sp³-hybridized carbons (Fsp3) is 0.125. The van der Waals surface area contributed by atoms with Gasteiger partial charge >= 0.3 is 0 Å². The first-order valence-corrected chi connectivity index (χ1v) is 8.71. The fourth-order valence-electron chi connectivity index (χ4n) is 1.89. The molecule has 3 nitrogen and oxygen atoms in total.